The van der Waals surface area contributed by atoms with Crippen LogP contribution in [0.15, 0.2) is 35.4 Å². The van der Waals surface area contributed by atoms with E-state index in [4.69, 9.17) is 0 Å². The minimum absolute atomic E-state index is 0.120. The molecule has 3 aromatic rings. The second-order valence-corrected chi connectivity index (χ2v) is 5.57. The first-order chi connectivity index (χ1) is 12.5. The molecule has 0 aliphatic rings. The molecule has 0 aliphatic carbocycles. The fourth-order valence-corrected chi connectivity index (χ4v) is 2.45. The normalized spacial score (nSPS) is 10.7. The minimum atomic E-state index is -0.433. The lowest BCUT2D eigenvalue weighted by molar-refractivity contribution is -0.117. The molecule has 0 radical (unpaired) electrons. The zero-order chi connectivity index (χ0) is 18.7. The molecule has 134 valence electrons. The van der Waals surface area contributed by atoms with Crippen molar-refractivity contribution in [3.8, 4) is 0 Å². The van der Waals surface area contributed by atoms with Gasteiger partial charge in [-0.15, -0.1) is 5.10 Å². The van der Waals surface area contributed by atoms with Gasteiger partial charge in [-0.1, -0.05) is 11.3 Å². The molecule has 10 heteroatoms. The van der Waals surface area contributed by atoms with Gasteiger partial charge in [0.15, 0.2) is 11.2 Å². The molecule has 0 unspecified atom stereocenters. The van der Waals surface area contributed by atoms with Crippen molar-refractivity contribution in [2.45, 2.75) is 26.9 Å². The third kappa shape index (κ3) is 3.58. The predicted octanol–water partition coefficient (Wildman–Crippen LogP) is 0.605. The van der Waals surface area contributed by atoms with Crippen LogP contribution in [0.1, 0.15) is 13.8 Å². The molecule has 0 saturated carbocycles. The number of anilines is 2. The first-order valence-electron chi connectivity index (χ1n) is 7.94. The number of aryl methyl sites for hydroxylation is 1. The molecule has 2 heterocycles. The van der Waals surface area contributed by atoms with E-state index in [1.54, 1.807) is 24.3 Å². The van der Waals surface area contributed by atoms with Crippen molar-refractivity contribution < 1.29 is 9.59 Å². The van der Waals surface area contributed by atoms with Crippen LogP contribution in [0.4, 0.5) is 11.4 Å². The topological polar surface area (TPSA) is 124 Å². The Morgan fingerprint density at radius 3 is 2.62 bits per heavy atom. The van der Waals surface area contributed by atoms with Gasteiger partial charge in [0.25, 0.3) is 5.56 Å². The fourth-order valence-electron chi connectivity index (χ4n) is 2.45. The van der Waals surface area contributed by atoms with Crippen molar-refractivity contribution in [2.24, 2.45) is 0 Å². The number of amides is 2. The van der Waals surface area contributed by atoms with Gasteiger partial charge in [0.05, 0.1) is 0 Å². The number of rotatable bonds is 5. The first kappa shape index (κ1) is 17.3. The molecular weight excluding hydrogens is 338 g/mol. The Bertz CT molecular complexity index is 1040. The maximum Gasteiger partial charge on any atom is 0.283 e. The Labute approximate surface area is 147 Å². The van der Waals surface area contributed by atoms with Crippen LogP contribution in [-0.2, 0) is 22.7 Å². The zero-order valence-electron chi connectivity index (χ0n) is 14.3. The summed E-state index contributed by atoms with van der Waals surface area (Å²) in [5.74, 6) is -0.615. The molecule has 1 aromatic carbocycles. The van der Waals surface area contributed by atoms with Gasteiger partial charge in [0, 0.05) is 24.8 Å². The summed E-state index contributed by atoms with van der Waals surface area (Å²) in [5.41, 5.74) is 1.14. The third-order valence-corrected chi connectivity index (χ3v) is 3.57. The molecule has 0 spiro atoms. The molecule has 0 saturated heterocycles. The van der Waals surface area contributed by atoms with Gasteiger partial charge in [0.2, 0.25) is 11.8 Å². The summed E-state index contributed by atoms with van der Waals surface area (Å²) in [6.07, 6.45) is 1.30. The average Bonchev–Trinajstić information content (AvgIpc) is 3.01. The second kappa shape index (κ2) is 7.13. The van der Waals surface area contributed by atoms with Crippen LogP contribution in [0, 0.1) is 0 Å². The van der Waals surface area contributed by atoms with Crippen LogP contribution in [-0.4, -0.2) is 36.4 Å². The Balaban J connectivity index is 1.76. The van der Waals surface area contributed by atoms with Crippen molar-refractivity contribution in [1.29, 1.82) is 0 Å². The van der Waals surface area contributed by atoms with Crippen molar-refractivity contribution in [3.05, 3.63) is 40.9 Å². The number of benzene rings is 1. The Morgan fingerprint density at radius 1 is 1.19 bits per heavy atom. The highest BCUT2D eigenvalue weighted by Crippen LogP contribution is 2.15. The van der Waals surface area contributed by atoms with Crippen LogP contribution in [0.5, 0.6) is 0 Å². The van der Waals surface area contributed by atoms with Gasteiger partial charge in [-0.2, -0.15) is 0 Å². The number of hydrogen-bond donors (Lipinski definition) is 2. The summed E-state index contributed by atoms with van der Waals surface area (Å²) in [5, 5.41) is 13.0. The van der Waals surface area contributed by atoms with Gasteiger partial charge in [-0.05, 0) is 25.1 Å². The van der Waals surface area contributed by atoms with E-state index in [1.165, 1.54) is 22.5 Å². The molecular formula is C16H17N7O3. The lowest BCUT2D eigenvalue weighted by atomic mass is 10.2. The van der Waals surface area contributed by atoms with E-state index in [0.717, 1.165) is 0 Å². The Hall–Kier alpha value is -3.56. The SMILES string of the molecule is CCn1nnc2c(=O)n(CC(=O)Nc3cccc(NC(C)=O)c3)cnc21. The Kier molecular flexibility index (Phi) is 4.74. The van der Waals surface area contributed by atoms with Crippen molar-refractivity contribution in [3.63, 3.8) is 0 Å². The number of aromatic nitrogens is 5. The molecule has 0 atom stereocenters. The van der Waals surface area contributed by atoms with Crippen molar-refractivity contribution in [1.82, 2.24) is 24.5 Å². The van der Waals surface area contributed by atoms with Crippen LogP contribution in [0.2, 0.25) is 0 Å². The molecule has 0 bridgehead atoms. The summed E-state index contributed by atoms with van der Waals surface area (Å²) in [4.78, 5) is 39.9. The van der Waals surface area contributed by atoms with E-state index in [2.05, 4.69) is 25.9 Å². The average molecular weight is 355 g/mol. The van der Waals surface area contributed by atoms with Crippen molar-refractivity contribution in [2.75, 3.05) is 10.6 Å². The molecule has 2 aromatic heterocycles. The fraction of sp³-hybridized carbons (Fsp3) is 0.250. The largest absolute Gasteiger partial charge is 0.326 e. The maximum absolute atomic E-state index is 12.4. The number of carbonyl (C=O) groups excluding carboxylic acids is 2. The van der Waals surface area contributed by atoms with Crippen LogP contribution in [0.25, 0.3) is 11.2 Å². The molecule has 2 amide bonds. The zero-order valence-corrected chi connectivity index (χ0v) is 14.3. The highest BCUT2D eigenvalue weighted by molar-refractivity contribution is 5.93. The maximum atomic E-state index is 12.4. The van der Waals surface area contributed by atoms with E-state index in [1.807, 2.05) is 6.92 Å². The predicted molar refractivity (Wildman–Crippen MR) is 94.6 cm³/mol. The van der Waals surface area contributed by atoms with Crippen LogP contribution < -0.4 is 16.2 Å². The van der Waals surface area contributed by atoms with E-state index in [0.29, 0.717) is 23.6 Å². The lowest BCUT2D eigenvalue weighted by Crippen LogP contribution is -2.28. The number of hydrogen-bond acceptors (Lipinski definition) is 6. The summed E-state index contributed by atoms with van der Waals surface area (Å²) in [7, 11) is 0. The third-order valence-electron chi connectivity index (χ3n) is 3.57. The van der Waals surface area contributed by atoms with E-state index < -0.39 is 11.5 Å². The summed E-state index contributed by atoms with van der Waals surface area (Å²) < 4.78 is 2.68. The van der Waals surface area contributed by atoms with Crippen molar-refractivity contribution >= 4 is 34.4 Å². The van der Waals surface area contributed by atoms with Gasteiger partial charge < -0.3 is 10.6 Å². The van der Waals surface area contributed by atoms with Gasteiger partial charge in [-0.3, -0.25) is 19.0 Å². The number of nitrogens with zero attached hydrogens (tertiary/aromatic N) is 5. The van der Waals surface area contributed by atoms with Crippen LogP contribution in [0.3, 0.4) is 0 Å². The lowest BCUT2D eigenvalue weighted by Gasteiger charge is -2.09. The first-order valence-corrected chi connectivity index (χ1v) is 7.94. The number of carbonyl (C=O) groups is 2. The summed E-state index contributed by atoms with van der Waals surface area (Å²) in [6, 6.07) is 6.71. The Morgan fingerprint density at radius 2 is 1.92 bits per heavy atom. The second-order valence-electron chi connectivity index (χ2n) is 5.57. The van der Waals surface area contributed by atoms with Gasteiger partial charge in [-0.25, -0.2) is 9.67 Å². The van der Waals surface area contributed by atoms with Gasteiger partial charge >= 0.3 is 0 Å². The molecule has 26 heavy (non-hydrogen) atoms. The molecule has 2 N–H and O–H groups in total. The van der Waals surface area contributed by atoms with Crippen LogP contribution >= 0.6 is 0 Å². The molecule has 0 fully saturated rings. The number of fused-ring (bicyclic) bond motifs is 1. The minimum Gasteiger partial charge on any atom is -0.326 e. The molecule has 3 rings (SSSR count). The highest BCUT2D eigenvalue weighted by atomic mass is 16.2. The van der Waals surface area contributed by atoms with Gasteiger partial charge in [0.1, 0.15) is 12.9 Å². The highest BCUT2D eigenvalue weighted by Gasteiger charge is 2.13. The summed E-state index contributed by atoms with van der Waals surface area (Å²) in [6.45, 7) is 3.59. The smallest absolute Gasteiger partial charge is 0.283 e. The molecule has 0 aliphatic heterocycles. The molecule has 10 nitrogen and oxygen atoms in total. The quantitative estimate of drug-likeness (QED) is 0.691. The standard InChI is InChI=1S/C16H17N7O3/c1-3-23-15-14(20-21-23)16(26)22(9-17-15)8-13(25)19-12-6-4-5-11(7-12)18-10(2)24/h4-7,9H,3,8H2,1-2H3,(H,18,24)(H,19,25). The summed E-state index contributed by atoms with van der Waals surface area (Å²) >= 11 is 0. The van der Waals surface area contributed by atoms with E-state index >= 15 is 0 Å². The monoisotopic (exact) mass is 355 g/mol. The number of nitrogens with one attached hydrogen (secondary N) is 2. The van der Waals surface area contributed by atoms with E-state index in [-0.39, 0.29) is 18.0 Å². The van der Waals surface area contributed by atoms with E-state index in [9.17, 15) is 14.4 Å².